The zero-order valence-electron chi connectivity index (χ0n) is 10.9. The average molecular weight is 225 g/mol. The fourth-order valence-corrected chi connectivity index (χ4v) is 3.04. The molecule has 2 rings (SSSR count). The van der Waals surface area contributed by atoms with Gasteiger partial charge < -0.3 is 15.1 Å². The number of nitrogens with one attached hydrogen (secondary N) is 1. The second-order valence-electron chi connectivity index (χ2n) is 5.76. The second kappa shape index (κ2) is 5.99. The molecule has 0 amide bonds. The summed E-state index contributed by atoms with van der Waals surface area (Å²) < 4.78 is 0. The SMILES string of the molecule is CN1CCC(CCN(C)CC2CCCN2)C1. The molecule has 16 heavy (non-hydrogen) atoms. The van der Waals surface area contributed by atoms with E-state index in [2.05, 4.69) is 29.2 Å². The van der Waals surface area contributed by atoms with Gasteiger partial charge in [-0.1, -0.05) is 0 Å². The summed E-state index contributed by atoms with van der Waals surface area (Å²) in [5.41, 5.74) is 0. The predicted octanol–water partition coefficient (Wildman–Crippen LogP) is 1.01. The van der Waals surface area contributed by atoms with Crippen LogP contribution in [0.5, 0.6) is 0 Å². The highest BCUT2D eigenvalue weighted by Crippen LogP contribution is 2.18. The van der Waals surface area contributed by atoms with E-state index < -0.39 is 0 Å². The molecular weight excluding hydrogens is 198 g/mol. The second-order valence-corrected chi connectivity index (χ2v) is 5.76. The minimum atomic E-state index is 0.760. The quantitative estimate of drug-likeness (QED) is 0.753. The molecule has 94 valence electrons. The molecule has 3 heteroatoms. The van der Waals surface area contributed by atoms with Gasteiger partial charge in [-0.3, -0.25) is 0 Å². The molecule has 0 radical (unpaired) electrons. The Balaban J connectivity index is 1.58. The topological polar surface area (TPSA) is 18.5 Å². The Hall–Kier alpha value is -0.120. The summed E-state index contributed by atoms with van der Waals surface area (Å²) in [5.74, 6) is 0.948. The molecule has 0 aromatic rings. The van der Waals surface area contributed by atoms with Gasteiger partial charge in [0.2, 0.25) is 0 Å². The van der Waals surface area contributed by atoms with Crippen molar-refractivity contribution >= 4 is 0 Å². The van der Waals surface area contributed by atoms with Gasteiger partial charge in [-0.25, -0.2) is 0 Å². The van der Waals surface area contributed by atoms with E-state index in [4.69, 9.17) is 0 Å². The van der Waals surface area contributed by atoms with Crippen LogP contribution in [0.1, 0.15) is 25.7 Å². The molecule has 2 atom stereocenters. The number of likely N-dealkylation sites (tertiary alicyclic amines) is 1. The molecule has 0 spiro atoms. The summed E-state index contributed by atoms with van der Waals surface area (Å²) >= 11 is 0. The molecule has 0 aromatic heterocycles. The van der Waals surface area contributed by atoms with Crippen molar-refractivity contribution in [3.8, 4) is 0 Å². The zero-order chi connectivity index (χ0) is 11.4. The first kappa shape index (κ1) is 12.3. The van der Waals surface area contributed by atoms with E-state index in [9.17, 15) is 0 Å². The van der Waals surface area contributed by atoms with E-state index in [0.717, 1.165) is 12.0 Å². The van der Waals surface area contributed by atoms with Gasteiger partial charge in [-0.05, 0) is 65.3 Å². The summed E-state index contributed by atoms with van der Waals surface area (Å²) in [7, 11) is 4.52. The van der Waals surface area contributed by atoms with Crippen LogP contribution in [0.4, 0.5) is 0 Å². The summed E-state index contributed by atoms with van der Waals surface area (Å²) in [6.07, 6.45) is 5.53. The predicted molar refractivity (Wildman–Crippen MR) is 68.7 cm³/mol. The molecule has 0 aliphatic carbocycles. The number of hydrogen-bond acceptors (Lipinski definition) is 3. The van der Waals surface area contributed by atoms with Gasteiger partial charge in [0.1, 0.15) is 0 Å². The van der Waals surface area contributed by atoms with Crippen molar-refractivity contribution in [1.29, 1.82) is 0 Å². The van der Waals surface area contributed by atoms with E-state index in [1.807, 2.05) is 0 Å². The highest BCUT2D eigenvalue weighted by atomic mass is 15.1. The molecule has 1 N–H and O–H groups in total. The highest BCUT2D eigenvalue weighted by Gasteiger charge is 2.20. The highest BCUT2D eigenvalue weighted by molar-refractivity contribution is 4.78. The molecule has 2 fully saturated rings. The number of nitrogens with zero attached hydrogens (tertiary/aromatic N) is 2. The fraction of sp³-hybridized carbons (Fsp3) is 1.00. The first-order valence-electron chi connectivity index (χ1n) is 6.84. The van der Waals surface area contributed by atoms with Crippen LogP contribution in [-0.2, 0) is 0 Å². The summed E-state index contributed by atoms with van der Waals surface area (Å²) in [6.45, 7) is 6.36. The molecular formula is C13H27N3. The lowest BCUT2D eigenvalue weighted by Crippen LogP contribution is -2.36. The van der Waals surface area contributed by atoms with E-state index in [1.54, 1.807) is 0 Å². The van der Waals surface area contributed by atoms with Gasteiger partial charge in [0.05, 0.1) is 0 Å². The van der Waals surface area contributed by atoms with Crippen LogP contribution in [0.15, 0.2) is 0 Å². The van der Waals surface area contributed by atoms with Crippen molar-refractivity contribution in [2.24, 2.45) is 5.92 Å². The Kier molecular flexibility index (Phi) is 4.62. The maximum absolute atomic E-state index is 3.57. The number of rotatable bonds is 5. The molecule has 3 nitrogen and oxygen atoms in total. The minimum Gasteiger partial charge on any atom is -0.313 e. The van der Waals surface area contributed by atoms with Crippen LogP contribution in [0, 0.1) is 5.92 Å². The van der Waals surface area contributed by atoms with Gasteiger partial charge >= 0.3 is 0 Å². The maximum atomic E-state index is 3.57. The van der Waals surface area contributed by atoms with Crippen molar-refractivity contribution in [3.05, 3.63) is 0 Å². The van der Waals surface area contributed by atoms with E-state index in [0.29, 0.717) is 0 Å². The van der Waals surface area contributed by atoms with Gasteiger partial charge in [-0.15, -0.1) is 0 Å². The van der Waals surface area contributed by atoms with E-state index in [1.165, 1.54) is 58.4 Å². The van der Waals surface area contributed by atoms with Crippen molar-refractivity contribution in [3.63, 3.8) is 0 Å². The molecule has 2 aliphatic heterocycles. The van der Waals surface area contributed by atoms with Crippen LogP contribution < -0.4 is 5.32 Å². The van der Waals surface area contributed by atoms with Gasteiger partial charge in [0.15, 0.2) is 0 Å². The van der Waals surface area contributed by atoms with Gasteiger partial charge in [0.25, 0.3) is 0 Å². The standard InChI is InChI=1S/C13H27N3/c1-15-8-5-12(10-15)6-9-16(2)11-13-4-3-7-14-13/h12-14H,3-11H2,1-2H3. The molecule has 0 bridgehead atoms. The van der Waals surface area contributed by atoms with E-state index in [-0.39, 0.29) is 0 Å². The summed E-state index contributed by atoms with van der Waals surface area (Å²) in [6, 6.07) is 0.760. The normalized spacial score (nSPS) is 31.7. The minimum absolute atomic E-state index is 0.760. The van der Waals surface area contributed by atoms with Crippen molar-refractivity contribution in [1.82, 2.24) is 15.1 Å². The molecule has 2 saturated heterocycles. The molecule has 2 aliphatic rings. The van der Waals surface area contributed by atoms with Gasteiger partial charge in [-0.2, -0.15) is 0 Å². The average Bonchev–Trinajstić information content (AvgIpc) is 2.87. The lowest BCUT2D eigenvalue weighted by atomic mass is 10.0. The monoisotopic (exact) mass is 225 g/mol. The number of likely N-dealkylation sites (N-methyl/N-ethyl adjacent to an activating group) is 1. The third-order valence-corrected chi connectivity index (χ3v) is 4.10. The Morgan fingerprint density at radius 2 is 2.25 bits per heavy atom. The third-order valence-electron chi connectivity index (χ3n) is 4.10. The molecule has 0 saturated carbocycles. The van der Waals surface area contributed by atoms with Crippen LogP contribution in [0.3, 0.4) is 0 Å². The molecule has 2 unspecified atom stereocenters. The third kappa shape index (κ3) is 3.72. The Morgan fingerprint density at radius 3 is 2.88 bits per heavy atom. The zero-order valence-corrected chi connectivity index (χ0v) is 10.9. The van der Waals surface area contributed by atoms with E-state index >= 15 is 0 Å². The Morgan fingerprint density at radius 1 is 1.38 bits per heavy atom. The molecule has 0 aromatic carbocycles. The van der Waals surface area contributed by atoms with Crippen LogP contribution >= 0.6 is 0 Å². The van der Waals surface area contributed by atoms with Gasteiger partial charge in [0, 0.05) is 19.1 Å². The summed E-state index contributed by atoms with van der Waals surface area (Å²) in [5, 5.41) is 3.57. The first-order valence-corrected chi connectivity index (χ1v) is 6.84. The number of hydrogen-bond donors (Lipinski definition) is 1. The maximum Gasteiger partial charge on any atom is 0.0195 e. The summed E-state index contributed by atoms with van der Waals surface area (Å²) in [4.78, 5) is 4.98. The Bertz CT molecular complexity index is 201. The van der Waals surface area contributed by atoms with Crippen LogP contribution in [0.2, 0.25) is 0 Å². The van der Waals surface area contributed by atoms with Crippen molar-refractivity contribution in [2.45, 2.75) is 31.7 Å². The smallest absolute Gasteiger partial charge is 0.0195 e. The van der Waals surface area contributed by atoms with Crippen LogP contribution in [0.25, 0.3) is 0 Å². The lowest BCUT2D eigenvalue weighted by molar-refractivity contribution is 0.274. The van der Waals surface area contributed by atoms with Crippen molar-refractivity contribution in [2.75, 3.05) is 46.8 Å². The van der Waals surface area contributed by atoms with Crippen molar-refractivity contribution < 1.29 is 0 Å². The lowest BCUT2D eigenvalue weighted by Gasteiger charge is -2.22. The fourth-order valence-electron chi connectivity index (χ4n) is 3.04. The largest absolute Gasteiger partial charge is 0.313 e. The molecule has 2 heterocycles. The van der Waals surface area contributed by atoms with Crippen LogP contribution in [-0.4, -0.2) is 62.7 Å². The first-order chi connectivity index (χ1) is 7.74. The Labute approximate surface area is 100 Å².